The number of nitrogens with zero attached hydrogens (tertiary/aromatic N) is 3. The van der Waals surface area contributed by atoms with Gasteiger partial charge >= 0.3 is 0 Å². The summed E-state index contributed by atoms with van der Waals surface area (Å²) in [5.74, 6) is 2.13. The molecule has 1 aliphatic rings. The molecule has 7 nitrogen and oxygen atoms in total. The lowest BCUT2D eigenvalue weighted by Gasteiger charge is -2.32. The van der Waals surface area contributed by atoms with E-state index in [0.29, 0.717) is 18.9 Å². The molecule has 1 aliphatic heterocycles. The molecule has 176 valence electrons. The Labute approximate surface area is 192 Å². The summed E-state index contributed by atoms with van der Waals surface area (Å²) in [4.78, 5) is 15.0. The summed E-state index contributed by atoms with van der Waals surface area (Å²) in [6.45, 7) is 8.92. The second kappa shape index (κ2) is 11.9. The molecule has 0 aliphatic carbocycles. The molecule has 2 aromatic rings. The maximum atomic E-state index is 12.5. The van der Waals surface area contributed by atoms with Gasteiger partial charge in [-0.05, 0) is 57.2 Å². The number of benzene rings is 1. The van der Waals surface area contributed by atoms with Crippen molar-refractivity contribution in [3.05, 3.63) is 41.2 Å². The van der Waals surface area contributed by atoms with Gasteiger partial charge in [-0.25, -0.2) is 0 Å². The van der Waals surface area contributed by atoms with Gasteiger partial charge in [0.05, 0.1) is 20.4 Å². The van der Waals surface area contributed by atoms with E-state index in [1.54, 1.807) is 14.2 Å². The third-order valence-corrected chi connectivity index (χ3v) is 6.39. The molecule has 32 heavy (non-hydrogen) atoms. The normalized spacial score (nSPS) is 16.7. The highest BCUT2D eigenvalue weighted by atomic mass is 16.5. The van der Waals surface area contributed by atoms with E-state index < -0.39 is 0 Å². The number of hydrogen-bond acceptors (Lipinski definition) is 5. The molecule has 0 radical (unpaired) electrons. The van der Waals surface area contributed by atoms with E-state index in [-0.39, 0.29) is 5.91 Å². The highest BCUT2D eigenvalue weighted by molar-refractivity contribution is 5.75. The third-order valence-electron chi connectivity index (χ3n) is 6.39. The zero-order valence-corrected chi connectivity index (χ0v) is 20.0. The fourth-order valence-corrected chi connectivity index (χ4v) is 4.46. The quantitative estimate of drug-likeness (QED) is 0.571. The number of methoxy groups -OCH3 is 2. The van der Waals surface area contributed by atoms with Crippen LogP contribution in [0.2, 0.25) is 0 Å². The fourth-order valence-electron chi connectivity index (χ4n) is 4.46. The monoisotopic (exact) mass is 442 g/mol. The smallest absolute Gasteiger partial charge is 0.220 e. The number of carbonyl (C=O) groups is 1. The maximum Gasteiger partial charge on any atom is 0.220 e. The Balaban J connectivity index is 1.44. The van der Waals surface area contributed by atoms with Crippen molar-refractivity contribution in [2.45, 2.75) is 65.6 Å². The van der Waals surface area contributed by atoms with Crippen LogP contribution in [0.3, 0.4) is 0 Å². The molecule has 1 amide bonds. The minimum absolute atomic E-state index is 0.0941. The van der Waals surface area contributed by atoms with Crippen LogP contribution in [0.5, 0.6) is 11.5 Å². The predicted octanol–water partition coefficient (Wildman–Crippen LogP) is 3.93. The van der Waals surface area contributed by atoms with Crippen LogP contribution >= 0.6 is 0 Å². The molecule has 3 rings (SSSR count). The number of rotatable bonds is 11. The fraction of sp³-hybridized carbons (Fsp3) is 0.600. The summed E-state index contributed by atoms with van der Waals surface area (Å²) < 4.78 is 12.8. The second-order valence-electron chi connectivity index (χ2n) is 8.71. The van der Waals surface area contributed by atoms with E-state index in [0.717, 1.165) is 56.1 Å². The third kappa shape index (κ3) is 6.48. The molecule has 0 bridgehead atoms. The van der Waals surface area contributed by atoms with E-state index in [1.807, 2.05) is 24.4 Å². The first kappa shape index (κ1) is 24.1. The summed E-state index contributed by atoms with van der Waals surface area (Å²) in [5.41, 5.74) is 3.55. The molecule has 0 unspecified atom stereocenters. The van der Waals surface area contributed by atoms with E-state index in [1.165, 1.54) is 24.1 Å². The van der Waals surface area contributed by atoms with Gasteiger partial charge in [-0.2, -0.15) is 5.10 Å². The number of aryl methyl sites for hydroxylation is 1. The van der Waals surface area contributed by atoms with Crippen molar-refractivity contribution < 1.29 is 14.3 Å². The van der Waals surface area contributed by atoms with Gasteiger partial charge in [0, 0.05) is 55.5 Å². The Morgan fingerprint density at radius 2 is 2.09 bits per heavy atom. The minimum Gasteiger partial charge on any atom is -0.497 e. The number of nitrogens with one attached hydrogen (secondary N) is 1. The average molecular weight is 443 g/mol. The molecule has 1 aromatic carbocycles. The van der Waals surface area contributed by atoms with Crippen molar-refractivity contribution in [2.24, 2.45) is 5.92 Å². The minimum atomic E-state index is 0.0941. The molecule has 1 saturated heterocycles. The molecule has 0 saturated carbocycles. The zero-order valence-electron chi connectivity index (χ0n) is 20.0. The number of piperidine rings is 1. The van der Waals surface area contributed by atoms with Gasteiger partial charge in [-0.1, -0.05) is 6.92 Å². The van der Waals surface area contributed by atoms with Crippen LogP contribution in [0.15, 0.2) is 24.4 Å². The topological polar surface area (TPSA) is 68.6 Å². The van der Waals surface area contributed by atoms with Crippen LogP contribution in [-0.2, 0) is 24.4 Å². The number of carbonyl (C=O) groups excluding carboxylic acids is 1. The van der Waals surface area contributed by atoms with E-state index in [9.17, 15) is 4.79 Å². The van der Waals surface area contributed by atoms with Gasteiger partial charge in [0.2, 0.25) is 5.91 Å². The number of hydrogen-bond donors (Lipinski definition) is 1. The Kier molecular flexibility index (Phi) is 8.97. The van der Waals surface area contributed by atoms with Crippen LogP contribution < -0.4 is 14.8 Å². The van der Waals surface area contributed by atoms with E-state index >= 15 is 0 Å². The molecular formula is C25H38N4O3. The summed E-state index contributed by atoms with van der Waals surface area (Å²) >= 11 is 0. The summed E-state index contributed by atoms with van der Waals surface area (Å²) in [7, 11) is 3.26. The summed E-state index contributed by atoms with van der Waals surface area (Å²) in [6, 6.07) is 5.65. The van der Waals surface area contributed by atoms with Crippen molar-refractivity contribution >= 4 is 5.91 Å². The van der Waals surface area contributed by atoms with Crippen molar-refractivity contribution in [3.63, 3.8) is 0 Å². The first-order valence-corrected chi connectivity index (χ1v) is 11.7. The van der Waals surface area contributed by atoms with Crippen LogP contribution in [0, 0.1) is 12.8 Å². The summed E-state index contributed by atoms with van der Waals surface area (Å²) in [6.07, 6.45) is 7.00. The van der Waals surface area contributed by atoms with Crippen molar-refractivity contribution in [2.75, 3.05) is 27.3 Å². The highest BCUT2D eigenvalue weighted by Crippen LogP contribution is 2.25. The first-order chi connectivity index (χ1) is 15.5. The highest BCUT2D eigenvalue weighted by Gasteiger charge is 2.22. The average Bonchev–Trinajstić information content (AvgIpc) is 3.15. The van der Waals surface area contributed by atoms with Crippen LogP contribution in [-0.4, -0.2) is 47.9 Å². The zero-order chi connectivity index (χ0) is 22.9. The molecule has 0 spiro atoms. The Bertz CT molecular complexity index is 880. The van der Waals surface area contributed by atoms with E-state index in [2.05, 4.69) is 33.8 Å². The first-order valence-electron chi connectivity index (χ1n) is 11.7. The Hall–Kier alpha value is -2.54. The molecule has 1 aromatic heterocycles. The molecule has 7 heteroatoms. The number of ether oxygens (including phenoxy) is 2. The predicted molar refractivity (Wildman–Crippen MR) is 126 cm³/mol. The van der Waals surface area contributed by atoms with Crippen LogP contribution in [0.4, 0.5) is 0 Å². The van der Waals surface area contributed by atoms with Gasteiger partial charge in [0.15, 0.2) is 0 Å². The maximum absolute atomic E-state index is 12.5. The van der Waals surface area contributed by atoms with Gasteiger partial charge in [0.1, 0.15) is 11.5 Å². The van der Waals surface area contributed by atoms with Crippen LogP contribution in [0.25, 0.3) is 0 Å². The van der Waals surface area contributed by atoms with Gasteiger partial charge in [-0.15, -0.1) is 0 Å². The van der Waals surface area contributed by atoms with Gasteiger partial charge in [0.25, 0.3) is 0 Å². The van der Waals surface area contributed by atoms with Gasteiger partial charge < -0.3 is 14.8 Å². The molecule has 1 N–H and O–H groups in total. The van der Waals surface area contributed by atoms with Crippen LogP contribution in [0.1, 0.15) is 55.8 Å². The van der Waals surface area contributed by atoms with Gasteiger partial charge in [-0.3, -0.25) is 14.4 Å². The molecule has 2 heterocycles. The largest absolute Gasteiger partial charge is 0.497 e. The van der Waals surface area contributed by atoms with Crippen molar-refractivity contribution in [1.82, 2.24) is 20.0 Å². The Morgan fingerprint density at radius 3 is 2.84 bits per heavy atom. The number of likely N-dealkylation sites (tertiary alicyclic amines) is 1. The lowest BCUT2D eigenvalue weighted by molar-refractivity contribution is -0.121. The van der Waals surface area contributed by atoms with Crippen molar-refractivity contribution in [3.8, 4) is 11.5 Å². The van der Waals surface area contributed by atoms with E-state index in [4.69, 9.17) is 9.47 Å². The number of aromatic nitrogens is 2. The SMILES string of the molecule is CCCn1ncc(CN2CCC[C@@H](CCC(=O)NCc3ccc(OC)cc3OC)C2)c1C. The number of amides is 1. The lowest BCUT2D eigenvalue weighted by atomic mass is 9.93. The molecule has 1 fully saturated rings. The molecule has 1 atom stereocenters. The molecular weight excluding hydrogens is 404 g/mol. The second-order valence-corrected chi connectivity index (χ2v) is 8.71. The lowest BCUT2D eigenvalue weighted by Crippen LogP contribution is -2.35. The van der Waals surface area contributed by atoms with Crippen molar-refractivity contribution in [1.29, 1.82) is 0 Å². The summed E-state index contributed by atoms with van der Waals surface area (Å²) in [5, 5.41) is 7.58. The standard InChI is InChI=1S/C25H38N4O3/c1-5-12-29-19(2)22(16-27-29)18-28-13-6-7-20(17-28)8-11-25(30)26-15-21-9-10-23(31-3)14-24(21)32-4/h9-10,14,16,20H,5-8,11-13,15,17-18H2,1-4H3,(H,26,30)/t20-/m0/s1. The Morgan fingerprint density at radius 1 is 1.25 bits per heavy atom.